The summed E-state index contributed by atoms with van der Waals surface area (Å²) < 4.78 is 2.33. The maximum absolute atomic E-state index is 4.38. The zero-order valence-corrected chi connectivity index (χ0v) is 10.3. The van der Waals surface area contributed by atoms with Crippen molar-refractivity contribution in [2.24, 2.45) is 0 Å². The molecule has 18 heavy (non-hydrogen) atoms. The molecule has 3 aromatic heterocycles. The van der Waals surface area contributed by atoms with Crippen LogP contribution in [0, 0.1) is 0 Å². The van der Waals surface area contributed by atoms with Crippen molar-refractivity contribution in [1.29, 1.82) is 0 Å². The van der Waals surface area contributed by atoms with Gasteiger partial charge in [0.1, 0.15) is 0 Å². The van der Waals surface area contributed by atoms with E-state index in [-0.39, 0.29) is 0 Å². The van der Waals surface area contributed by atoms with Gasteiger partial charge in [-0.1, -0.05) is 19.3 Å². The van der Waals surface area contributed by atoms with E-state index in [1.807, 2.05) is 12.4 Å². The number of fused-ring (bicyclic) bond motifs is 3. The van der Waals surface area contributed by atoms with Gasteiger partial charge in [0, 0.05) is 29.4 Å². The number of rotatable bonds is 1. The minimum Gasteiger partial charge on any atom is -0.305 e. The van der Waals surface area contributed by atoms with Crippen LogP contribution in [0.15, 0.2) is 24.7 Å². The van der Waals surface area contributed by atoms with Gasteiger partial charge in [-0.2, -0.15) is 0 Å². The molecule has 4 nitrogen and oxygen atoms in total. The average Bonchev–Trinajstić information content (AvgIpc) is 3.05. The Morgan fingerprint density at radius 1 is 1.17 bits per heavy atom. The quantitative estimate of drug-likeness (QED) is 0.708. The molecule has 0 unspecified atom stereocenters. The highest BCUT2D eigenvalue weighted by molar-refractivity contribution is 6.02. The van der Waals surface area contributed by atoms with Crippen molar-refractivity contribution in [3.05, 3.63) is 24.7 Å². The minimum atomic E-state index is 0.608. The van der Waals surface area contributed by atoms with Crippen molar-refractivity contribution in [3.8, 4) is 0 Å². The van der Waals surface area contributed by atoms with Gasteiger partial charge in [-0.15, -0.1) is 0 Å². The summed E-state index contributed by atoms with van der Waals surface area (Å²) in [5, 5.41) is 5.76. The lowest BCUT2D eigenvalue weighted by atomic mass is 9.95. The smallest absolute Gasteiger partial charge is 0.161 e. The molecule has 3 heterocycles. The lowest BCUT2D eigenvalue weighted by Gasteiger charge is -2.23. The van der Waals surface area contributed by atoms with Gasteiger partial charge in [0.25, 0.3) is 0 Å². The Morgan fingerprint density at radius 2 is 2.06 bits per heavy atom. The molecule has 1 aliphatic rings. The first-order valence-corrected chi connectivity index (χ1v) is 6.72. The molecule has 1 saturated carbocycles. The van der Waals surface area contributed by atoms with Crippen LogP contribution in [0.4, 0.5) is 0 Å². The number of H-pyrrole nitrogens is 1. The van der Waals surface area contributed by atoms with E-state index in [0.29, 0.717) is 6.04 Å². The topological polar surface area (TPSA) is 46.5 Å². The number of nitrogens with zero attached hydrogens (tertiary/aromatic N) is 3. The number of aromatic amines is 1. The predicted octanol–water partition coefficient (Wildman–Crippen LogP) is 3.42. The first-order valence-electron chi connectivity index (χ1n) is 6.72. The standard InChI is InChI=1S/C14H16N4/c1-2-4-11(5-3-1)18-13-10(9-17-18)8-16-14-12(13)6-7-15-14/h6-9,11,17H,1-5H2. The summed E-state index contributed by atoms with van der Waals surface area (Å²) in [5.41, 5.74) is 2.12. The van der Waals surface area contributed by atoms with Crippen LogP contribution >= 0.6 is 0 Å². The highest BCUT2D eigenvalue weighted by Crippen LogP contribution is 2.32. The monoisotopic (exact) mass is 240 g/mol. The third kappa shape index (κ3) is 1.38. The molecule has 0 spiro atoms. The molecular formula is C14H16N4. The molecule has 1 fully saturated rings. The summed E-state index contributed by atoms with van der Waals surface area (Å²) in [6.45, 7) is 0. The number of nitrogens with one attached hydrogen (secondary N) is 1. The number of pyridine rings is 1. The van der Waals surface area contributed by atoms with Crippen LogP contribution in [0.25, 0.3) is 21.9 Å². The van der Waals surface area contributed by atoms with E-state index in [1.165, 1.54) is 48.4 Å². The third-order valence-electron chi connectivity index (χ3n) is 4.07. The SMILES string of the molecule is c1cc2c(n1)ncc1c[nH]n(C3CCCCC3)c12. The summed E-state index contributed by atoms with van der Waals surface area (Å²) in [7, 11) is 0. The predicted molar refractivity (Wildman–Crippen MR) is 71.5 cm³/mol. The van der Waals surface area contributed by atoms with Crippen molar-refractivity contribution in [1.82, 2.24) is 19.7 Å². The summed E-state index contributed by atoms with van der Waals surface area (Å²) >= 11 is 0. The minimum absolute atomic E-state index is 0.608. The van der Waals surface area contributed by atoms with Gasteiger partial charge < -0.3 is 5.10 Å². The molecule has 4 heteroatoms. The third-order valence-corrected chi connectivity index (χ3v) is 4.07. The largest absolute Gasteiger partial charge is 0.305 e. The lowest BCUT2D eigenvalue weighted by Crippen LogP contribution is -2.13. The van der Waals surface area contributed by atoms with Gasteiger partial charge in [-0.05, 0) is 18.9 Å². The molecule has 3 aromatic rings. The Balaban J connectivity index is 1.96. The molecule has 1 aliphatic carbocycles. The number of hydrogen-bond acceptors (Lipinski definition) is 2. The van der Waals surface area contributed by atoms with Crippen LogP contribution in [0.1, 0.15) is 38.1 Å². The second kappa shape index (κ2) is 3.83. The van der Waals surface area contributed by atoms with Crippen LogP contribution < -0.4 is 0 Å². The maximum Gasteiger partial charge on any atom is 0.161 e. The maximum atomic E-state index is 4.38. The lowest BCUT2D eigenvalue weighted by molar-refractivity contribution is 0.337. The van der Waals surface area contributed by atoms with Gasteiger partial charge in [0.15, 0.2) is 5.65 Å². The number of hydrogen-bond donors (Lipinski definition) is 1. The fraction of sp³-hybridized carbons (Fsp3) is 0.429. The zero-order chi connectivity index (χ0) is 11.9. The van der Waals surface area contributed by atoms with Crippen LogP contribution in [-0.4, -0.2) is 19.7 Å². The van der Waals surface area contributed by atoms with Crippen molar-refractivity contribution in [3.63, 3.8) is 0 Å². The van der Waals surface area contributed by atoms with E-state index in [4.69, 9.17) is 0 Å². The normalized spacial score (nSPS) is 17.8. The van der Waals surface area contributed by atoms with Crippen LogP contribution in [0.2, 0.25) is 0 Å². The van der Waals surface area contributed by atoms with Crippen molar-refractivity contribution in [2.45, 2.75) is 38.1 Å². The fourth-order valence-electron chi connectivity index (χ4n) is 3.17. The van der Waals surface area contributed by atoms with Gasteiger partial charge in [-0.25, -0.2) is 9.97 Å². The molecule has 0 radical (unpaired) electrons. The van der Waals surface area contributed by atoms with Crippen LogP contribution in [-0.2, 0) is 0 Å². The molecule has 0 atom stereocenters. The fourth-order valence-corrected chi connectivity index (χ4v) is 3.17. The Bertz CT molecular complexity index is 688. The molecule has 0 bridgehead atoms. The molecule has 4 rings (SSSR count). The van der Waals surface area contributed by atoms with Crippen molar-refractivity contribution < 1.29 is 0 Å². The highest BCUT2D eigenvalue weighted by Gasteiger charge is 2.18. The second-order valence-corrected chi connectivity index (χ2v) is 5.18. The van der Waals surface area contributed by atoms with E-state index < -0.39 is 0 Å². The molecule has 0 amide bonds. The Labute approximate surface area is 105 Å². The van der Waals surface area contributed by atoms with Crippen LogP contribution in [0.5, 0.6) is 0 Å². The molecule has 0 saturated heterocycles. The molecule has 92 valence electrons. The molecule has 0 aliphatic heterocycles. The van der Waals surface area contributed by atoms with Crippen molar-refractivity contribution >= 4 is 21.9 Å². The van der Waals surface area contributed by atoms with Crippen LogP contribution in [0.3, 0.4) is 0 Å². The van der Waals surface area contributed by atoms with E-state index in [0.717, 1.165) is 5.65 Å². The summed E-state index contributed by atoms with van der Waals surface area (Å²) in [5.74, 6) is 0. The average molecular weight is 240 g/mol. The van der Waals surface area contributed by atoms with Gasteiger partial charge in [-0.3, -0.25) is 4.68 Å². The Hall–Kier alpha value is -1.84. The second-order valence-electron chi connectivity index (χ2n) is 5.18. The van der Waals surface area contributed by atoms with Crippen molar-refractivity contribution in [2.75, 3.05) is 0 Å². The summed E-state index contributed by atoms with van der Waals surface area (Å²) in [4.78, 5) is 8.68. The van der Waals surface area contributed by atoms with Gasteiger partial charge in [0.2, 0.25) is 0 Å². The van der Waals surface area contributed by atoms with E-state index in [2.05, 4.69) is 32.0 Å². The zero-order valence-electron chi connectivity index (χ0n) is 10.3. The first kappa shape index (κ1) is 10.1. The molecule has 1 N–H and O–H groups in total. The molecule has 0 aromatic carbocycles. The molecular weight excluding hydrogens is 224 g/mol. The summed E-state index contributed by atoms with van der Waals surface area (Å²) in [6, 6.07) is 2.68. The Kier molecular flexibility index (Phi) is 2.15. The Morgan fingerprint density at radius 3 is 2.94 bits per heavy atom. The number of aromatic nitrogens is 4. The first-order chi connectivity index (χ1) is 8.93. The van der Waals surface area contributed by atoms with Gasteiger partial charge in [0.05, 0.1) is 11.6 Å². The van der Waals surface area contributed by atoms with E-state index >= 15 is 0 Å². The van der Waals surface area contributed by atoms with E-state index in [1.54, 1.807) is 0 Å². The summed E-state index contributed by atoms with van der Waals surface area (Å²) in [6.07, 6.45) is 12.4. The van der Waals surface area contributed by atoms with E-state index in [9.17, 15) is 0 Å². The highest BCUT2D eigenvalue weighted by atomic mass is 15.3. The van der Waals surface area contributed by atoms with Gasteiger partial charge >= 0.3 is 0 Å².